The molecule has 2 aliphatic rings. The van der Waals surface area contributed by atoms with E-state index in [1.165, 1.54) is 0 Å². The number of aliphatic imine (C=N–C) groups is 1. The summed E-state index contributed by atoms with van der Waals surface area (Å²) in [7, 11) is 0. The first-order valence-corrected chi connectivity index (χ1v) is 3.57. The van der Waals surface area contributed by atoms with Crippen LogP contribution in [0, 0.1) is 0 Å². The van der Waals surface area contributed by atoms with Crippen LogP contribution in [0.3, 0.4) is 0 Å². The Kier molecular flexibility index (Phi) is 1.27. The van der Waals surface area contributed by atoms with E-state index < -0.39 is 0 Å². The molecule has 2 unspecified atom stereocenters. The summed E-state index contributed by atoms with van der Waals surface area (Å²) in [6.45, 7) is 0. The fourth-order valence-electron chi connectivity index (χ4n) is 1.14. The predicted octanol–water partition coefficient (Wildman–Crippen LogP) is 1.05. The average Bonchev–Trinajstić information content (AvgIpc) is 2.33. The third kappa shape index (κ3) is 0.847. The lowest BCUT2D eigenvalue weighted by atomic mass is 10.1. The van der Waals surface area contributed by atoms with Gasteiger partial charge in [0.05, 0.1) is 18.4 Å². The molecule has 2 nitrogen and oxygen atoms in total. The van der Waals surface area contributed by atoms with Crippen LogP contribution in [0.15, 0.2) is 28.3 Å². The van der Waals surface area contributed by atoms with E-state index >= 15 is 0 Å². The highest BCUT2D eigenvalue weighted by atomic mass is 35.5. The van der Waals surface area contributed by atoms with E-state index in [0.717, 1.165) is 5.03 Å². The van der Waals surface area contributed by atoms with Gasteiger partial charge in [0.25, 0.3) is 0 Å². The summed E-state index contributed by atoms with van der Waals surface area (Å²) in [6.07, 6.45) is 7.58. The molecule has 1 aliphatic carbocycles. The fraction of sp³-hybridized carbons (Fsp3) is 0.286. The molecule has 0 fully saturated rings. The maximum Gasteiger partial charge on any atom is 0.0938 e. The molecule has 0 bridgehead atoms. The van der Waals surface area contributed by atoms with Gasteiger partial charge in [-0.15, -0.1) is 0 Å². The molecule has 0 aromatic heterocycles. The van der Waals surface area contributed by atoms with Crippen LogP contribution in [0.4, 0.5) is 0 Å². The third-order valence-electron chi connectivity index (χ3n) is 1.67. The van der Waals surface area contributed by atoms with E-state index in [-0.39, 0.29) is 12.1 Å². The first kappa shape index (κ1) is 5.98. The Labute approximate surface area is 64.3 Å². The van der Waals surface area contributed by atoms with E-state index in [1.54, 1.807) is 6.34 Å². The molecule has 2 rings (SSSR count). The largest absolute Gasteiger partial charge is 0.368 e. The molecule has 1 heterocycles. The topological polar surface area (TPSA) is 24.4 Å². The zero-order valence-electron chi connectivity index (χ0n) is 5.29. The van der Waals surface area contributed by atoms with Crippen molar-refractivity contribution in [3.8, 4) is 0 Å². The molecular formula is C7H7ClN2. The second-order valence-corrected chi connectivity index (χ2v) is 2.81. The van der Waals surface area contributed by atoms with Crippen LogP contribution in [0.1, 0.15) is 0 Å². The van der Waals surface area contributed by atoms with Gasteiger partial charge in [-0.25, -0.2) is 0 Å². The zero-order chi connectivity index (χ0) is 6.97. The number of allylic oxidation sites excluding steroid dienone is 2. The predicted molar refractivity (Wildman–Crippen MR) is 42.3 cm³/mol. The lowest BCUT2D eigenvalue weighted by molar-refractivity contribution is 0.695. The number of hydrogen-bond donors (Lipinski definition) is 1. The van der Waals surface area contributed by atoms with Gasteiger partial charge in [0.15, 0.2) is 0 Å². The van der Waals surface area contributed by atoms with Gasteiger partial charge in [0.1, 0.15) is 0 Å². The number of nitrogens with zero attached hydrogens (tertiary/aromatic N) is 1. The van der Waals surface area contributed by atoms with Gasteiger partial charge in [-0.1, -0.05) is 17.7 Å². The molecule has 0 saturated heterocycles. The van der Waals surface area contributed by atoms with Crippen LogP contribution in [-0.2, 0) is 0 Å². The number of hydrogen-bond acceptors (Lipinski definition) is 2. The van der Waals surface area contributed by atoms with Crippen LogP contribution < -0.4 is 5.32 Å². The van der Waals surface area contributed by atoms with E-state index in [0.29, 0.717) is 0 Å². The van der Waals surface area contributed by atoms with Crippen LogP contribution in [0.2, 0.25) is 0 Å². The summed E-state index contributed by atoms with van der Waals surface area (Å²) in [4.78, 5) is 4.17. The van der Waals surface area contributed by atoms with Gasteiger partial charge in [0.2, 0.25) is 0 Å². The molecule has 52 valence electrons. The van der Waals surface area contributed by atoms with Gasteiger partial charge in [-0.05, 0) is 12.2 Å². The van der Waals surface area contributed by atoms with E-state index in [9.17, 15) is 0 Å². The van der Waals surface area contributed by atoms with Crippen LogP contribution in [-0.4, -0.2) is 18.4 Å². The van der Waals surface area contributed by atoms with Gasteiger partial charge < -0.3 is 5.32 Å². The van der Waals surface area contributed by atoms with Crippen molar-refractivity contribution in [2.24, 2.45) is 4.99 Å². The molecule has 1 aliphatic heterocycles. The fourth-order valence-corrected chi connectivity index (χ4v) is 1.35. The second kappa shape index (κ2) is 2.13. The van der Waals surface area contributed by atoms with Gasteiger partial charge >= 0.3 is 0 Å². The molecule has 10 heavy (non-hydrogen) atoms. The molecule has 0 amide bonds. The highest BCUT2D eigenvalue weighted by Gasteiger charge is 2.21. The Morgan fingerprint density at radius 2 is 2.50 bits per heavy atom. The average molecular weight is 155 g/mol. The van der Waals surface area contributed by atoms with Gasteiger partial charge in [0, 0.05) is 5.03 Å². The van der Waals surface area contributed by atoms with Crippen molar-refractivity contribution in [1.82, 2.24) is 5.32 Å². The quantitative estimate of drug-likeness (QED) is 0.554. The van der Waals surface area contributed by atoms with E-state index in [1.807, 2.05) is 18.2 Å². The molecule has 2 atom stereocenters. The summed E-state index contributed by atoms with van der Waals surface area (Å²) in [5.41, 5.74) is 0. The van der Waals surface area contributed by atoms with Crippen molar-refractivity contribution in [3.05, 3.63) is 23.3 Å². The van der Waals surface area contributed by atoms with Crippen LogP contribution >= 0.6 is 11.6 Å². The van der Waals surface area contributed by atoms with Crippen molar-refractivity contribution in [1.29, 1.82) is 0 Å². The van der Waals surface area contributed by atoms with Crippen molar-refractivity contribution < 1.29 is 0 Å². The zero-order valence-corrected chi connectivity index (χ0v) is 6.05. The molecule has 0 aromatic rings. The molecule has 3 heteroatoms. The van der Waals surface area contributed by atoms with E-state index in [2.05, 4.69) is 10.3 Å². The summed E-state index contributed by atoms with van der Waals surface area (Å²) >= 11 is 5.76. The molecule has 0 aromatic carbocycles. The van der Waals surface area contributed by atoms with Gasteiger partial charge in [-0.2, -0.15) is 0 Å². The number of fused-ring (bicyclic) bond motifs is 1. The van der Waals surface area contributed by atoms with Crippen LogP contribution in [0.25, 0.3) is 0 Å². The standard InChI is InChI=1S/C7H7ClN2/c8-5-1-2-6-7(3-5)10-4-9-6/h1-4,6-7H,(H,9,10). The Morgan fingerprint density at radius 3 is 3.40 bits per heavy atom. The normalized spacial score (nSPS) is 35.1. The lowest BCUT2D eigenvalue weighted by Gasteiger charge is -2.14. The minimum Gasteiger partial charge on any atom is -0.368 e. The Morgan fingerprint density at radius 1 is 1.60 bits per heavy atom. The maximum atomic E-state index is 5.76. The maximum absolute atomic E-state index is 5.76. The molecule has 0 radical (unpaired) electrons. The van der Waals surface area contributed by atoms with Crippen molar-refractivity contribution in [2.75, 3.05) is 0 Å². The first-order chi connectivity index (χ1) is 4.86. The number of halogens is 1. The minimum atomic E-state index is 0.266. The van der Waals surface area contributed by atoms with Crippen LogP contribution in [0.5, 0.6) is 0 Å². The molecule has 0 spiro atoms. The van der Waals surface area contributed by atoms with Gasteiger partial charge in [-0.3, -0.25) is 4.99 Å². The second-order valence-electron chi connectivity index (χ2n) is 2.37. The summed E-state index contributed by atoms with van der Waals surface area (Å²) in [5, 5.41) is 3.88. The summed E-state index contributed by atoms with van der Waals surface area (Å²) < 4.78 is 0. The minimum absolute atomic E-state index is 0.266. The lowest BCUT2D eigenvalue weighted by Crippen LogP contribution is -2.29. The molecule has 0 saturated carbocycles. The SMILES string of the molecule is ClC1=CC2NC=NC2C=C1. The Balaban J connectivity index is 2.25. The number of rotatable bonds is 0. The van der Waals surface area contributed by atoms with Crippen molar-refractivity contribution in [2.45, 2.75) is 12.1 Å². The monoisotopic (exact) mass is 154 g/mol. The number of nitrogens with one attached hydrogen (secondary N) is 1. The molecule has 1 N–H and O–H groups in total. The Hall–Kier alpha value is -0.760. The third-order valence-corrected chi connectivity index (χ3v) is 1.92. The van der Waals surface area contributed by atoms with E-state index in [4.69, 9.17) is 11.6 Å². The smallest absolute Gasteiger partial charge is 0.0938 e. The Bertz CT molecular complexity index is 230. The summed E-state index contributed by atoms with van der Waals surface area (Å²) in [5.74, 6) is 0. The highest BCUT2D eigenvalue weighted by molar-refractivity contribution is 6.31. The van der Waals surface area contributed by atoms with Crippen molar-refractivity contribution in [3.63, 3.8) is 0 Å². The molecular weight excluding hydrogens is 148 g/mol. The summed E-state index contributed by atoms with van der Waals surface area (Å²) in [6, 6.07) is 0.556. The first-order valence-electron chi connectivity index (χ1n) is 3.19. The van der Waals surface area contributed by atoms with Crippen molar-refractivity contribution >= 4 is 17.9 Å². The highest BCUT2D eigenvalue weighted by Crippen LogP contribution is 2.18.